The Labute approximate surface area is 240 Å². The third kappa shape index (κ3) is 6.97. The molecule has 2 atom stereocenters. The number of likely N-dealkylation sites (tertiary alicyclic amines) is 1. The maximum Gasteiger partial charge on any atom is 0.280 e. The van der Waals surface area contributed by atoms with Gasteiger partial charge in [0.25, 0.3) is 5.91 Å². The molecule has 1 saturated heterocycles. The molecule has 0 aromatic carbocycles. The molecule has 5 rings (SSSR count). The molecule has 3 N–H and O–H groups in total. The quantitative estimate of drug-likeness (QED) is 0.356. The SMILES string of the molecule is CC(C)(C)[C@H]1CCc2nc3sc(C(=O)N[C@H](CCN4CCC(O)CC4)c4ccc(OCCO)nc4)nc3cc2C1. The fourth-order valence-electron chi connectivity index (χ4n) is 5.68. The predicted molar refractivity (Wildman–Crippen MR) is 156 cm³/mol. The molecular formula is C30H41N5O4S. The standard InChI is InChI=1S/C30H41N5O4S/c1-30(2,3)21-5-6-23-20(16-21)17-25-28(33-23)40-29(34-25)27(38)32-24(10-13-35-11-8-22(37)9-12-35)19-4-7-26(31-18-19)39-15-14-36/h4,7,17-18,21-22,24,36-37H,5-6,8-16H2,1-3H3,(H,32,38)/t21-,24+/m0/s1. The van der Waals surface area contributed by atoms with E-state index in [9.17, 15) is 9.90 Å². The second kappa shape index (κ2) is 12.5. The molecule has 1 aliphatic heterocycles. The first-order valence-electron chi connectivity index (χ1n) is 14.4. The number of fused-ring (bicyclic) bond motifs is 2. The van der Waals surface area contributed by atoms with E-state index in [-0.39, 0.29) is 36.7 Å². The fourth-order valence-corrected chi connectivity index (χ4v) is 6.52. The van der Waals surface area contributed by atoms with Crippen LogP contribution in [-0.2, 0) is 12.8 Å². The smallest absolute Gasteiger partial charge is 0.280 e. The van der Waals surface area contributed by atoms with Gasteiger partial charge in [0.05, 0.1) is 18.8 Å². The lowest BCUT2D eigenvalue weighted by Gasteiger charge is -2.34. The second-order valence-electron chi connectivity index (χ2n) is 12.1. The van der Waals surface area contributed by atoms with Crippen molar-refractivity contribution in [3.63, 3.8) is 0 Å². The van der Waals surface area contributed by atoms with E-state index in [1.165, 1.54) is 16.9 Å². The summed E-state index contributed by atoms with van der Waals surface area (Å²) in [6.07, 6.45) is 6.85. The van der Waals surface area contributed by atoms with E-state index >= 15 is 0 Å². The Bertz CT molecular complexity index is 1300. The van der Waals surface area contributed by atoms with Gasteiger partial charge in [0.2, 0.25) is 5.88 Å². The number of hydrogen-bond acceptors (Lipinski definition) is 9. The molecule has 2 aliphatic rings. The van der Waals surface area contributed by atoms with Crippen LogP contribution in [0.25, 0.3) is 10.3 Å². The number of thiazole rings is 1. The fraction of sp³-hybridized carbons (Fsp3) is 0.600. The summed E-state index contributed by atoms with van der Waals surface area (Å²) in [5.41, 5.74) is 4.32. The summed E-state index contributed by atoms with van der Waals surface area (Å²) in [6, 6.07) is 5.54. The number of pyridine rings is 2. The number of piperidine rings is 1. The highest BCUT2D eigenvalue weighted by Gasteiger charge is 2.30. The molecule has 216 valence electrons. The van der Waals surface area contributed by atoms with Crippen LogP contribution in [0.1, 0.15) is 79.1 Å². The van der Waals surface area contributed by atoms with Gasteiger partial charge in [0.1, 0.15) is 17.0 Å². The lowest BCUT2D eigenvalue weighted by Crippen LogP contribution is -2.38. The van der Waals surface area contributed by atoms with E-state index in [1.807, 2.05) is 6.07 Å². The summed E-state index contributed by atoms with van der Waals surface area (Å²) >= 11 is 1.35. The summed E-state index contributed by atoms with van der Waals surface area (Å²) < 4.78 is 5.41. The number of aromatic nitrogens is 3. The first-order valence-corrected chi connectivity index (χ1v) is 15.2. The Morgan fingerprint density at radius 2 is 2.02 bits per heavy atom. The molecule has 3 aromatic rings. The molecule has 0 radical (unpaired) electrons. The van der Waals surface area contributed by atoms with Crippen LogP contribution in [0, 0.1) is 11.3 Å². The van der Waals surface area contributed by atoms with Crippen molar-refractivity contribution in [3.8, 4) is 5.88 Å². The van der Waals surface area contributed by atoms with Gasteiger partial charge in [-0.15, -0.1) is 0 Å². The molecule has 9 nitrogen and oxygen atoms in total. The van der Waals surface area contributed by atoms with Crippen molar-refractivity contribution >= 4 is 27.6 Å². The van der Waals surface area contributed by atoms with E-state index < -0.39 is 0 Å². The van der Waals surface area contributed by atoms with Gasteiger partial charge in [-0.3, -0.25) is 4.79 Å². The molecule has 10 heteroatoms. The molecule has 0 bridgehead atoms. The lowest BCUT2D eigenvalue weighted by molar-refractivity contribution is 0.0795. The highest BCUT2D eigenvalue weighted by molar-refractivity contribution is 7.19. The zero-order chi connectivity index (χ0) is 28.3. The Morgan fingerprint density at radius 1 is 1.23 bits per heavy atom. The lowest BCUT2D eigenvalue weighted by atomic mass is 9.71. The van der Waals surface area contributed by atoms with Gasteiger partial charge in [0.15, 0.2) is 5.01 Å². The van der Waals surface area contributed by atoms with Crippen molar-refractivity contribution < 1.29 is 19.7 Å². The van der Waals surface area contributed by atoms with Crippen molar-refractivity contribution in [1.82, 2.24) is 25.2 Å². The number of ether oxygens (including phenoxy) is 1. The minimum Gasteiger partial charge on any atom is -0.475 e. The second-order valence-corrected chi connectivity index (χ2v) is 13.1. The Hall–Kier alpha value is -2.66. The van der Waals surface area contributed by atoms with Crippen LogP contribution in [0.2, 0.25) is 0 Å². The Kier molecular flexibility index (Phi) is 8.99. The molecule has 0 unspecified atom stereocenters. The van der Waals surface area contributed by atoms with Crippen LogP contribution in [0.4, 0.5) is 0 Å². The third-order valence-electron chi connectivity index (χ3n) is 8.27. The number of rotatable bonds is 9. The molecular weight excluding hydrogens is 526 g/mol. The average Bonchev–Trinajstić information content (AvgIpc) is 3.36. The van der Waals surface area contributed by atoms with Gasteiger partial charge in [-0.05, 0) is 67.1 Å². The molecule has 0 spiro atoms. The normalized spacial score (nSPS) is 19.4. The summed E-state index contributed by atoms with van der Waals surface area (Å²) in [7, 11) is 0. The minimum atomic E-state index is -0.264. The zero-order valence-electron chi connectivity index (χ0n) is 23.7. The highest BCUT2D eigenvalue weighted by atomic mass is 32.1. The zero-order valence-corrected chi connectivity index (χ0v) is 24.5. The molecule has 4 heterocycles. The van der Waals surface area contributed by atoms with Crippen molar-refractivity contribution in [2.24, 2.45) is 11.3 Å². The summed E-state index contributed by atoms with van der Waals surface area (Å²) in [5, 5.41) is 22.5. The molecule has 1 aliphatic carbocycles. The third-order valence-corrected chi connectivity index (χ3v) is 9.23. The predicted octanol–water partition coefficient (Wildman–Crippen LogP) is 3.93. The number of aliphatic hydroxyl groups excluding tert-OH is 2. The number of hydrogen-bond donors (Lipinski definition) is 3. The molecule has 1 fully saturated rings. The first-order chi connectivity index (χ1) is 19.2. The van der Waals surface area contributed by atoms with Gasteiger partial charge >= 0.3 is 0 Å². The number of nitrogens with one attached hydrogen (secondary N) is 1. The number of aliphatic hydroxyl groups is 2. The van der Waals surface area contributed by atoms with E-state index in [0.717, 1.165) is 73.3 Å². The van der Waals surface area contributed by atoms with Crippen molar-refractivity contribution in [2.75, 3.05) is 32.8 Å². The number of nitrogens with zero attached hydrogens (tertiary/aromatic N) is 4. The summed E-state index contributed by atoms with van der Waals surface area (Å²) in [6.45, 7) is 9.49. The first kappa shape index (κ1) is 28.9. The topological polar surface area (TPSA) is 121 Å². The van der Waals surface area contributed by atoms with Crippen molar-refractivity contribution in [2.45, 2.75) is 71.4 Å². The van der Waals surface area contributed by atoms with Crippen LogP contribution in [0.3, 0.4) is 0 Å². The molecule has 0 saturated carbocycles. The Balaban J connectivity index is 1.32. The largest absolute Gasteiger partial charge is 0.475 e. The minimum absolute atomic E-state index is 0.0795. The number of carbonyl (C=O) groups is 1. The van der Waals surface area contributed by atoms with Crippen LogP contribution in [0.5, 0.6) is 5.88 Å². The van der Waals surface area contributed by atoms with Gasteiger partial charge < -0.3 is 25.2 Å². The van der Waals surface area contributed by atoms with Gasteiger partial charge in [-0.25, -0.2) is 15.0 Å². The molecule has 3 aromatic heterocycles. The van der Waals surface area contributed by atoms with Gasteiger partial charge in [0, 0.05) is 37.6 Å². The monoisotopic (exact) mass is 567 g/mol. The van der Waals surface area contributed by atoms with E-state index in [1.54, 1.807) is 12.3 Å². The summed E-state index contributed by atoms with van der Waals surface area (Å²) in [5.74, 6) is 0.828. The molecule has 1 amide bonds. The van der Waals surface area contributed by atoms with E-state index in [4.69, 9.17) is 19.8 Å². The Morgan fingerprint density at radius 3 is 2.73 bits per heavy atom. The van der Waals surface area contributed by atoms with E-state index in [0.29, 0.717) is 23.2 Å². The summed E-state index contributed by atoms with van der Waals surface area (Å²) in [4.78, 5) is 30.6. The van der Waals surface area contributed by atoms with E-state index in [2.05, 4.69) is 42.0 Å². The van der Waals surface area contributed by atoms with Crippen molar-refractivity contribution in [1.29, 1.82) is 0 Å². The van der Waals surface area contributed by atoms with Crippen molar-refractivity contribution in [3.05, 3.63) is 46.2 Å². The van der Waals surface area contributed by atoms with Crippen LogP contribution in [-0.4, -0.2) is 74.9 Å². The average molecular weight is 568 g/mol. The number of aryl methyl sites for hydroxylation is 1. The van der Waals surface area contributed by atoms with Gasteiger partial charge in [-0.2, -0.15) is 0 Å². The molecule has 40 heavy (non-hydrogen) atoms. The maximum atomic E-state index is 13.5. The highest BCUT2D eigenvalue weighted by Crippen LogP contribution is 2.38. The van der Waals surface area contributed by atoms with Crippen LogP contribution < -0.4 is 10.1 Å². The maximum absolute atomic E-state index is 13.5. The van der Waals surface area contributed by atoms with Crippen LogP contribution >= 0.6 is 11.3 Å². The van der Waals surface area contributed by atoms with Gasteiger partial charge in [-0.1, -0.05) is 38.2 Å². The number of carbonyl (C=O) groups excluding carboxylic acids is 1. The number of amides is 1. The van der Waals surface area contributed by atoms with Crippen LogP contribution in [0.15, 0.2) is 24.4 Å².